The van der Waals surface area contributed by atoms with Crippen molar-refractivity contribution in [3.63, 3.8) is 0 Å². The molecule has 2 rings (SSSR count). The highest BCUT2D eigenvalue weighted by Gasteiger charge is 2.19. The lowest BCUT2D eigenvalue weighted by molar-refractivity contribution is 0.531. The van der Waals surface area contributed by atoms with E-state index in [1.807, 2.05) is 0 Å². The summed E-state index contributed by atoms with van der Waals surface area (Å²) in [5.74, 6) is -0.437. The number of hydrogen-bond donors (Lipinski definition) is 0. The number of furan rings is 1. The molecule has 1 aromatic carbocycles. The van der Waals surface area contributed by atoms with Gasteiger partial charge in [0.25, 0.3) is 0 Å². The Morgan fingerprint density at radius 3 is 2.53 bits per heavy atom. The average molecular weight is 322 g/mol. The first kappa shape index (κ1) is 12.6. The van der Waals surface area contributed by atoms with Gasteiger partial charge in [-0.2, -0.15) is 0 Å². The number of hydrogen-bond acceptors (Lipinski definition) is 1. The van der Waals surface area contributed by atoms with Gasteiger partial charge < -0.3 is 4.42 Å². The van der Waals surface area contributed by atoms with E-state index in [-0.39, 0.29) is 10.0 Å². The maximum Gasteiger partial charge on any atom is 0.137 e. The van der Waals surface area contributed by atoms with Crippen molar-refractivity contribution in [3.8, 4) is 0 Å². The van der Waals surface area contributed by atoms with Crippen molar-refractivity contribution in [1.29, 1.82) is 0 Å². The van der Waals surface area contributed by atoms with Crippen molar-refractivity contribution in [3.05, 3.63) is 57.5 Å². The molecular formula is C12H8BrClF2O. The second kappa shape index (κ2) is 4.78. The van der Waals surface area contributed by atoms with E-state index in [1.54, 1.807) is 13.0 Å². The SMILES string of the molecule is Cc1cc(C(Cl)c2cc(F)c(Br)cc2F)co1. The van der Waals surface area contributed by atoms with Crippen LogP contribution in [-0.2, 0) is 0 Å². The molecule has 5 heteroatoms. The fourth-order valence-corrected chi connectivity index (χ4v) is 2.11. The van der Waals surface area contributed by atoms with Crippen LogP contribution >= 0.6 is 27.5 Å². The molecule has 1 atom stereocenters. The summed E-state index contributed by atoms with van der Waals surface area (Å²) in [4.78, 5) is 0. The van der Waals surface area contributed by atoms with Crippen LogP contribution in [0.15, 0.2) is 33.4 Å². The van der Waals surface area contributed by atoms with Gasteiger partial charge in [0.15, 0.2) is 0 Å². The lowest BCUT2D eigenvalue weighted by Gasteiger charge is -2.09. The van der Waals surface area contributed by atoms with E-state index in [9.17, 15) is 8.78 Å². The van der Waals surface area contributed by atoms with E-state index < -0.39 is 17.0 Å². The lowest BCUT2D eigenvalue weighted by Crippen LogP contribution is -1.97. The van der Waals surface area contributed by atoms with Crippen molar-refractivity contribution in [2.24, 2.45) is 0 Å². The third kappa shape index (κ3) is 2.53. The van der Waals surface area contributed by atoms with Crippen molar-refractivity contribution >= 4 is 27.5 Å². The highest BCUT2D eigenvalue weighted by Crippen LogP contribution is 2.33. The zero-order chi connectivity index (χ0) is 12.6. The van der Waals surface area contributed by atoms with Crippen molar-refractivity contribution in [1.82, 2.24) is 0 Å². The summed E-state index contributed by atoms with van der Waals surface area (Å²) in [6.07, 6.45) is 1.44. The summed E-state index contributed by atoms with van der Waals surface area (Å²) in [6, 6.07) is 3.84. The van der Waals surface area contributed by atoms with Gasteiger partial charge in [-0.15, -0.1) is 11.6 Å². The highest BCUT2D eigenvalue weighted by atomic mass is 79.9. The number of rotatable bonds is 2. The van der Waals surface area contributed by atoms with E-state index in [2.05, 4.69) is 15.9 Å². The molecule has 17 heavy (non-hydrogen) atoms. The van der Waals surface area contributed by atoms with Gasteiger partial charge in [0.1, 0.15) is 17.4 Å². The molecule has 1 heterocycles. The average Bonchev–Trinajstić information content (AvgIpc) is 2.69. The summed E-state index contributed by atoms with van der Waals surface area (Å²) < 4.78 is 32.2. The standard InChI is InChI=1S/C12H8BrClF2O/c1-6-2-7(5-17-6)12(14)8-3-11(16)9(13)4-10(8)15/h2-5,12H,1H3. The fourth-order valence-electron chi connectivity index (χ4n) is 1.51. The number of benzene rings is 1. The first-order chi connectivity index (χ1) is 7.99. The largest absolute Gasteiger partial charge is 0.469 e. The minimum Gasteiger partial charge on any atom is -0.469 e. The van der Waals surface area contributed by atoms with E-state index in [1.165, 1.54) is 6.26 Å². The Bertz CT molecular complexity index is 553. The predicted octanol–water partition coefficient (Wildman–Crippen LogP) is 4.96. The molecule has 0 bridgehead atoms. The summed E-state index contributed by atoms with van der Waals surface area (Å²) in [6.45, 7) is 1.76. The van der Waals surface area contributed by atoms with E-state index >= 15 is 0 Å². The fraction of sp³-hybridized carbons (Fsp3) is 0.167. The molecule has 0 radical (unpaired) electrons. The zero-order valence-electron chi connectivity index (χ0n) is 8.81. The summed E-state index contributed by atoms with van der Waals surface area (Å²) in [7, 11) is 0. The molecule has 90 valence electrons. The van der Waals surface area contributed by atoms with E-state index in [4.69, 9.17) is 16.0 Å². The normalized spacial score (nSPS) is 12.8. The Labute approximate surface area is 111 Å². The number of alkyl halides is 1. The highest BCUT2D eigenvalue weighted by molar-refractivity contribution is 9.10. The van der Waals surface area contributed by atoms with Crippen molar-refractivity contribution in [2.75, 3.05) is 0 Å². The van der Waals surface area contributed by atoms with Crippen LogP contribution in [0.25, 0.3) is 0 Å². The Morgan fingerprint density at radius 1 is 1.24 bits per heavy atom. The van der Waals surface area contributed by atoms with Crippen molar-refractivity contribution < 1.29 is 13.2 Å². The van der Waals surface area contributed by atoms with Crippen LogP contribution in [0.1, 0.15) is 22.3 Å². The maximum absolute atomic E-state index is 13.7. The molecule has 0 fully saturated rings. The quantitative estimate of drug-likeness (QED) is 0.563. The third-order valence-electron chi connectivity index (χ3n) is 2.36. The van der Waals surface area contributed by atoms with Crippen LogP contribution in [0.3, 0.4) is 0 Å². The lowest BCUT2D eigenvalue weighted by atomic mass is 10.1. The topological polar surface area (TPSA) is 13.1 Å². The minimum absolute atomic E-state index is 0.0750. The Hall–Kier alpha value is -0.870. The smallest absolute Gasteiger partial charge is 0.137 e. The molecule has 1 nitrogen and oxygen atoms in total. The van der Waals surface area contributed by atoms with Crippen LogP contribution < -0.4 is 0 Å². The molecule has 0 N–H and O–H groups in total. The van der Waals surface area contributed by atoms with Gasteiger partial charge in [-0.25, -0.2) is 8.78 Å². The van der Waals surface area contributed by atoms with E-state index in [0.29, 0.717) is 11.3 Å². The monoisotopic (exact) mass is 320 g/mol. The molecule has 0 amide bonds. The molecule has 1 unspecified atom stereocenters. The van der Waals surface area contributed by atoms with Gasteiger partial charge in [0.2, 0.25) is 0 Å². The number of aryl methyl sites for hydroxylation is 1. The van der Waals surface area contributed by atoms with Crippen LogP contribution in [-0.4, -0.2) is 0 Å². The number of halogens is 4. The molecule has 1 aromatic heterocycles. The molecule has 0 saturated carbocycles. The first-order valence-corrected chi connectivity index (χ1v) is 6.05. The Kier molecular flexibility index (Phi) is 3.54. The van der Waals surface area contributed by atoms with Gasteiger partial charge in [0, 0.05) is 11.1 Å². The molecule has 0 aliphatic carbocycles. The van der Waals surface area contributed by atoms with Gasteiger partial charge in [-0.05, 0) is 41.1 Å². The summed E-state index contributed by atoms with van der Waals surface area (Å²) in [5.41, 5.74) is 0.693. The third-order valence-corrected chi connectivity index (χ3v) is 3.45. The summed E-state index contributed by atoms with van der Waals surface area (Å²) >= 11 is 9.01. The van der Waals surface area contributed by atoms with Crippen LogP contribution in [0.4, 0.5) is 8.78 Å². The predicted molar refractivity (Wildman–Crippen MR) is 65.2 cm³/mol. The molecular weight excluding hydrogens is 313 g/mol. The van der Waals surface area contributed by atoms with Crippen molar-refractivity contribution in [2.45, 2.75) is 12.3 Å². The summed E-state index contributed by atoms with van der Waals surface area (Å²) in [5, 5.41) is -0.768. The van der Waals surface area contributed by atoms with Gasteiger partial charge >= 0.3 is 0 Å². The Morgan fingerprint density at radius 2 is 1.94 bits per heavy atom. The van der Waals surface area contributed by atoms with E-state index in [0.717, 1.165) is 12.1 Å². The minimum atomic E-state index is -0.768. The van der Waals surface area contributed by atoms with Crippen LogP contribution in [0.2, 0.25) is 0 Å². The second-order valence-electron chi connectivity index (χ2n) is 3.64. The van der Waals surface area contributed by atoms with Crippen LogP contribution in [0, 0.1) is 18.6 Å². The van der Waals surface area contributed by atoms with Gasteiger partial charge in [0.05, 0.1) is 16.1 Å². The zero-order valence-corrected chi connectivity index (χ0v) is 11.1. The van der Waals surface area contributed by atoms with Crippen LogP contribution in [0.5, 0.6) is 0 Å². The Balaban J connectivity index is 2.43. The van der Waals surface area contributed by atoms with Gasteiger partial charge in [-0.3, -0.25) is 0 Å². The first-order valence-electron chi connectivity index (χ1n) is 4.82. The second-order valence-corrected chi connectivity index (χ2v) is 4.93. The molecule has 2 aromatic rings. The van der Waals surface area contributed by atoms with Gasteiger partial charge in [-0.1, -0.05) is 0 Å². The molecule has 0 spiro atoms. The molecule has 0 aliphatic rings. The molecule has 0 aliphatic heterocycles. The molecule has 0 saturated heterocycles. The maximum atomic E-state index is 13.7.